The second-order valence-corrected chi connectivity index (χ2v) is 6.70. The van der Waals surface area contributed by atoms with Crippen molar-refractivity contribution in [3.05, 3.63) is 48.0 Å². The number of carboxylic acids is 1. The molecule has 2 N–H and O–H groups in total. The number of carboxylic acid groups (broad SMARTS) is 1. The van der Waals surface area contributed by atoms with Gasteiger partial charge in [0, 0.05) is 25.2 Å². The summed E-state index contributed by atoms with van der Waals surface area (Å²) in [6, 6.07) is 13.5. The molecule has 2 heterocycles. The summed E-state index contributed by atoms with van der Waals surface area (Å²) in [6.45, 7) is 1.45. The summed E-state index contributed by atoms with van der Waals surface area (Å²) in [4.78, 5) is 25.0. The minimum absolute atomic E-state index is 0.256. The van der Waals surface area contributed by atoms with Crippen LogP contribution in [0.3, 0.4) is 0 Å². The maximum Gasteiger partial charge on any atom is 0.321 e. The van der Waals surface area contributed by atoms with Crippen LogP contribution in [0, 0.1) is 5.92 Å². The van der Waals surface area contributed by atoms with Crippen molar-refractivity contribution >= 4 is 17.7 Å². The summed E-state index contributed by atoms with van der Waals surface area (Å²) in [5, 5.41) is 11.9. The monoisotopic (exact) mass is 352 g/mol. The Bertz CT molecular complexity index is 865. The number of anilines is 1. The highest BCUT2D eigenvalue weighted by Crippen LogP contribution is 2.31. The lowest BCUT2D eigenvalue weighted by atomic mass is 10.0. The molecule has 4 rings (SSSR count). The number of benzene rings is 2. The van der Waals surface area contributed by atoms with E-state index in [9.17, 15) is 9.59 Å². The number of hydrogen-bond acceptors (Lipinski definition) is 3. The molecule has 2 aromatic carbocycles. The van der Waals surface area contributed by atoms with Crippen molar-refractivity contribution < 1.29 is 19.4 Å². The third kappa shape index (κ3) is 3.22. The minimum Gasteiger partial charge on any atom is -0.493 e. The van der Waals surface area contributed by atoms with E-state index in [4.69, 9.17) is 9.84 Å². The Balaban J connectivity index is 1.48. The number of amides is 2. The van der Waals surface area contributed by atoms with Gasteiger partial charge in [0.15, 0.2) is 0 Å². The predicted molar refractivity (Wildman–Crippen MR) is 97.4 cm³/mol. The van der Waals surface area contributed by atoms with E-state index in [-0.39, 0.29) is 12.6 Å². The average molecular weight is 352 g/mol. The van der Waals surface area contributed by atoms with E-state index in [1.54, 1.807) is 4.90 Å². The van der Waals surface area contributed by atoms with E-state index in [0.29, 0.717) is 18.7 Å². The zero-order chi connectivity index (χ0) is 18.1. The molecular formula is C20H20N2O4. The van der Waals surface area contributed by atoms with Crippen LogP contribution in [0.5, 0.6) is 5.75 Å². The first-order valence-electron chi connectivity index (χ1n) is 8.75. The molecule has 6 heteroatoms. The van der Waals surface area contributed by atoms with Gasteiger partial charge in [-0.05, 0) is 47.4 Å². The number of rotatable bonds is 3. The summed E-state index contributed by atoms with van der Waals surface area (Å²) in [5.41, 5.74) is 4.00. The molecule has 1 unspecified atom stereocenters. The standard InChI is InChI=1S/C20H20N2O4/c23-19(24)16-6-8-22(12-16)20(25)21-17-3-1-2-13(11-17)14-4-5-18-15(10-14)7-9-26-18/h1-5,10-11,16H,6-9,12H2,(H,21,25)(H,23,24). The number of aliphatic carboxylic acids is 1. The van der Waals surface area contributed by atoms with Crippen molar-refractivity contribution in [1.82, 2.24) is 4.90 Å². The molecule has 134 valence electrons. The van der Waals surface area contributed by atoms with Crippen molar-refractivity contribution in [2.45, 2.75) is 12.8 Å². The molecule has 26 heavy (non-hydrogen) atoms. The largest absolute Gasteiger partial charge is 0.493 e. The lowest BCUT2D eigenvalue weighted by Crippen LogP contribution is -2.33. The van der Waals surface area contributed by atoms with Crippen molar-refractivity contribution in [2.24, 2.45) is 5.92 Å². The molecule has 0 radical (unpaired) electrons. The number of carbonyl (C=O) groups is 2. The smallest absolute Gasteiger partial charge is 0.321 e. The fraction of sp³-hybridized carbons (Fsp3) is 0.300. The highest BCUT2D eigenvalue weighted by molar-refractivity contribution is 5.91. The summed E-state index contributed by atoms with van der Waals surface area (Å²) in [5.74, 6) is -0.371. The molecule has 2 aliphatic rings. The molecule has 1 atom stereocenters. The number of urea groups is 1. The number of nitrogens with zero attached hydrogens (tertiary/aromatic N) is 1. The van der Waals surface area contributed by atoms with E-state index < -0.39 is 11.9 Å². The van der Waals surface area contributed by atoms with Gasteiger partial charge in [0.25, 0.3) is 0 Å². The number of carbonyl (C=O) groups excluding carboxylic acids is 1. The van der Waals surface area contributed by atoms with E-state index in [1.807, 2.05) is 36.4 Å². The van der Waals surface area contributed by atoms with Gasteiger partial charge in [-0.3, -0.25) is 4.79 Å². The SMILES string of the molecule is O=C(O)C1CCN(C(=O)Nc2cccc(-c3ccc4c(c3)CCO4)c2)C1. The van der Waals surface area contributed by atoms with Gasteiger partial charge in [-0.15, -0.1) is 0 Å². The van der Waals surface area contributed by atoms with Gasteiger partial charge in [0.2, 0.25) is 0 Å². The Morgan fingerprint density at radius 2 is 2.00 bits per heavy atom. The first-order valence-corrected chi connectivity index (χ1v) is 8.75. The van der Waals surface area contributed by atoms with Gasteiger partial charge < -0.3 is 20.1 Å². The number of fused-ring (bicyclic) bond motifs is 1. The van der Waals surface area contributed by atoms with Crippen LogP contribution >= 0.6 is 0 Å². The highest BCUT2D eigenvalue weighted by atomic mass is 16.5. The Labute approximate surface area is 151 Å². The molecule has 2 aromatic rings. The Hall–Kier alpha value is -3.02. The summed E-state index contributed by atoms with van der Waals surface area (Å²) in [6.07, 6.45) is 1.42. The van der Waals surface area contributed by atoms with Crippen LogP contribution in [-0.2, 0) is 11.2 Å². The number of hydrogen-bond donors (Lipinski definition) is 2. The van der Waals surface area contributed by atoms with Crippen LogP contribution in [-0.4, -0.2) is 41.7 Å². The minimum atomic E-state index is -0.845. The second-order valence-electron chi connectivity index (χ2n) is 6.70. The number of nitrogens with one attached hydrogen (secondary N) is 1. The number of likely N-dealkylation sites (tertiary alicyclic amines) is 1. The van der Waals surface area contributed by atoms with Crippen LogP contribution in [0.25, 0.3) is 11.1 Å². The maximum absolute atomic E-state index is 12.4. The molecule has 1 fully saturated rings. The summed E-state index contributed by atoms with van der Waals surface area (Å²) in [7, 11) is 0. The fourth-order valence-electron chi connectivity index (χ4n) is 3.49. The number of ether oxygens (including phenoxy) is 1. The maximum atomic E-state index is 12.4. The van der Waals surface area contributed by atoms with Crippen LogP contribution in [0.15, 0.2) is 42.5 Å². The van der Waals surface area contributed by atoms with Crippen molar-refractivity contribution in [2.75, 3.05) is 25.0 Å². The average Bonchev–Trinajstić information content (AvgIpc) is 3.31. The van der Waals surface area contributed by atoms with E-state index in [1.165, 1.54) is 5.56 Å². The lowest BCUT2D eigenvalue weighted by Gasteiger charge is -2.17. The molecule has 1 saturated heterocycles. The predicted octanol–water partition coefficient (Wildman–Crippen LogP) is 3.23. The quantitative estimate of drug-likeness (QED) is 0.889. The molecule has 6 nitrogen and oxygen atoms in total. The molecule has 2 amide bonds. The van der Waals surface area contributed by atoms with Crippen LogP contribution < -0.4 is 10.1 Å². The molecule has 0 aromatic heterocycles. The van der Waals surface area contributed by atoms with Crippen molar-refractivity contribution in [1.29, 1.82) is 0 Å². The normalized spacial score (nSPS) is 18.3. The highest BCUT2D eigenvalue weighted by Gasteiger charge is 2.30. The summed E-state index contributed by atoms with van der Waals surface area (Å²) >= 11 is 0. The lowest BCUT2D eigenvalue weighted by molar-refractivity contribution is -0.141. The van der Waals surface area contributed by atoms with Crippen LogP contribution in [0.1, 0.15) is 12.0 Å². The Morgan fingerprint density at radius 3 is 2.81 bits per heavy atom. The first-order chi connectivity index (χ1) is 12.6. The third-order valence-electron chi connectivity index (χ3n) is 4.96. The topological polar surface area (TPSA) is 78.9 Å². The van der Waals surface area contributed by atoms with E-state index in [0.717, 1.165) is 29.9 Å². The second kappa shape index (κ2) is 6.71. The molecule has 0 spiro atoms. The van der Waals surface area contributed by atoms with Gasteiger partial charge in [0.05, 0.1) is 12.5 Å². The van der Waals surface area contributed by atoms with Crippen molar-refractivity contribution in [3.63, 3.8) is 0 Å². The van der Waals surface area contributed by atoms with Gasteiger partial charge in [-0.1, -0.05) is 18.2 Å². The molecule has 2 aliphatic heterocycles. The van der Waals surface area contributed by atoms with E-state index in [2.05, 4.69) is 11.4 Å². The molecule has 0 saturated carbocycles. The Kier molecular flexibility index (Phi) is 4.24. The van der Waals surface area contributed by atoms with Gasteiger partial charge in [-0.2, -0.15) is 0 Å². The van der Waals surface area contributed by atoms with Crippen LogP contribution in [0.4, 0.5) is 10.5 Å². The van der Waals surface area contributed by atoms with Gasteiger partial charge in [-0.25, -0.2) is 4.79 Å². The molecule has 0 aliphatic carbocycles. The summed E-state index contributed by atoms with van der Waals surface area (Å²) < 4.78 is 5.54. The molecular weight excluding hydrogens is 332 g/mol. The third-order valence-corrected chi connectivity index (χ3v) is 4.96. The van der Waals surface area contributed by atoms with E-state index >= 15 is 0 Å². The van der Waals surface area contributed by atoms with Gasteiger partial charge >= 0.3 is 12.0 Å². The zero-order valence-corrected chi connectivity index (χ0v) is 14.3. The van der Waals surface area contributed by atoms with Crippen molar-refractivity contribution in [3.8, 4) is 16.9 Å². The Morgan fingerprint density at radius 1 is 1.15 bits per heavy atom. The van der Waals surface area contributed by atoms with Crippen LogP contribution in [0.2, 0.25) is 0 Å². The fourth-order valence-corrected chi connectivity index (χ4v) is 3.49. The zero-order valence-electron chi connectivity index (χ0n) is 14.3. The first kappa shape index (κ1) is 16.4. The van der Waals surface area contributed by atoms with Gasteiger partial charge in [0.1, 0.15) is 5.75 Å². The molecule has 0 bridgehead atoms.